The van der Waals surface area contributed by atoms with Crippen LogP contribution in [-0.2, 0) is 33.1 Å². The van der Waals surface area contributed by atoms with E-state index in [1.807, 2.05) is 44.2 Å². The number of hydrogen-bond acceptors (Lipinski definition) is 6. The van der Waals surface area contributed by atoms with E-state index in [0.717, 1.165) is 5.56 Å². The van der Waals surface area contributed by atoms with Crippen molar-refractivity contribution in [3.8, 4) is 22.3 Å². The Hall–Kier alpha value is -3.70. The number of benzene rings is 3. The zero-order chi connectivity index (χ0) is 27.2. The summed E-state index contributed by atoms with van der Waals surface area (Å²) in [5, 5.41) is -0.276. The Bertz CT molecular complexity index is 1920. The Morgan fingerprint density at radius 2 is 1.18 bits per heavy atom. The van der Waals surface area contributed by atoms with E-state index in [2.05, 4.69) is 4.98 Å². The highest BCUT2D eigenvalue weighted by Gasteiger charge is 2.34. The minimum absolute atomic E-state index is 0.116. The Morgan fingerprint density at radius 3 is 1.68 bits per heavy atom. The maximum Gasteiger partial charge on any atom is 0.296 e. The molecule has 5 rings (SSSR count). The van der Waals surface area contributed by atoms with Gasteiger partial charge in [-0.2, -0.15) is 16.8 Å². The molecule has 0 radical (unpaired) electrons. The Kier molecular flexibility index (Phi) is 6.52. The summed E-state index contributed by atoms with van der Waals surface area (Å²) in [5.41, 5.74) is 3.73. The summed E-state index contributed by atoms with van der Waals surface area (Å²) in [5.74, 6) is 0. The van der Waals surface area contributed by atoms with Crippen molar-refractivity contribution in [2.75, 3.05) is 0 Å². The van der Waals surface area contributed by atoms with Crippen molar-refractivity contribution in [3.05, 3.63) is 84.2 Å². The Morgan fingerprint density at radius 1 is 0.632 bits per heavy atom. The average Bonchev–Trinajstić information content (AvgIpc) is 2.90. The van der Waals surface area contributed by atoms with Gasteiger partial charge < -0.3 is 0 Å². The second-order valence-electron chi connectivity index (χ2n) is 8.78. The zero-order valence-electron chi connectivity index (χ0n) is 20.6. The van der Waals surface area contributed by atoms with Crippen molar-refractivity contribution < 1.29 is 25.9 Å². The number of pyridine rings is 2. The zero-order valence-corrected chi connectivity index (χ0v) is 22.2. The van der Waals surface area contributed by atoms with Crippen LogP contribution < -0.4 is 0 Å². The molecular formula is C28H24N2O6S2. The van der Waals surface area contributed by atoms with Gasteiger partial charge in [-0.1, -0.05) is 74.5 Å². The van der Waals surface area contributed by atoms with E-state index in [0.29, 0.717) is 40.9 Å². The smallest absolute Gasteiger partial charge is 0.282 e. The number of rotatable bonds is 6. The summed E-state index contributed by atoms with van der Waals surface area (Å²) < 4.78 is 72.4. The summed E-state index contributed by atoms with van der Waals surface area (Å²) in [7, 11) is -10.4. The van der Waals surface area contributed by atoms with Crippen molar-refractivity contribution in [3.63, 3.8) is 0 Å². The fraction of sp³-hybridized carbons (Fsp3) is 0.143. The molecule has 0 bridgehead atoms. The van der Waals surface area contributed by atoms with Crippen molar-refractivity contribution in [2.24, 2.45) is 0 Å². The van der Waals surface area contributed by atoms with Gasteiger partial charge in [0.25, 0.3) is 20.2 Å². The van der Waals surface area contributed by atoms with Gasteiger partial charge in [-0.15, -0.1) is 0 Å². The topological polar surface area (TPSA) is 135 Å². The maximum atomic E-state index is 13.0. The third kappa shape index (κ3) is 4.35. The lowest BCUT2D eigenvalue weighted by Gasteiger charge is -2.21. The first-order valence-corrected chi connectivity index (χ1v) is 14.8. The predicted octanol–water partition coefficient (Wildman–Crippen LogP) is 5.74. The molecule has 0 atom stereocenters. The van der Waals surface area contributed by atoms with Gasteiger partial charge in [0.1, 0.15) is 9.79 Å². The quantitative estimate of drug-likeness (QED) is 0.203. The largest absolute Gasteiger partial charge is 0.296 e. The SMILES string of the molecule is CCc1ccc2c(S(=O)(=O)O)c(S(=O)(=O)O)c3c(-c4ccccc4)c(-c4ccccc4)c(CC)nc3c2n1. The fourth-order valence-corrected chi connectivity index (χ4v) is 7.10. The molecule has 0 aliphatic heterocycles. The van der Waals surface area contributed by atoms with Crippen LogP contribution in [0.4, 0.5) is 0 Å². The van der Waals surface area contributed by atoms with E-state index in [1.165, 1.54) is 6.07 Å². The van der Waals surface area contributed by atoms with E-state index in [-0.39, 0.29) is 21.8 Å². The van der Waals surface area contributed by atoms with Crippen LogP contribution in [0.3, 0.4) is 0 Å². The Balaban J connectivity index is 2.23. The molecule has 2 N–H and O–H groups in total. The second kappa shape index (κ2) is 9.55. The number of hydrogen-bond donors (Lipinski definition) is 2. The molecule has 0 aliphatic carbocycles. The summed E-state index contributed by atoms with van der Waals surface area (Å²) in [6.07, 6.45) is 0.989. The third-order valence-electron chi connectivity index (χ3n) is 6.47. The minimum atomic E-state index is -5.21. The minimum Gasteiger partial charge on any atom is -0.282 e. The molecule has 38 heavy (non-hydrogen) atoms. The molecule has 0 unspecified atom stereocenters. The van der Waals surface area contributed by atoms with Crippen LogP contribution in [-0.4, -0.2) is 35.9 Å². The van der Waals surface area contributed by atoms with Gasteiger partial charge in [0.15, 0.2) is 0 Å². The molecule has 8 nitrogen and oxygen atoms in total. The van der Waals surface area contributed by atoms with Gasteiger partial charge in [0.05, 0.1) is 11.0 Å². The summed E-state index contributed by atoms with van der Waals surface area (Å²) >= 11 is 0. The van der Waals surface area contributed by atoms with Crippen molar-refractivity contribution >= 4 is 42.0 Å². The monoisotopic (exact) mass is 548 g/mol. The number of nitrogens with zero attached hydrogens (tertiary/aromatic N) is 2. The van der Waals surface area contributed by atoms with Crippen molar-refractivity contribution in [2.45, 2.75) is 36.5 Å². The van der Waals surface area contributed by atoms with E-state index in [1.54, 1.807) is 36.4 Å². The van der Waals surface area contributed by atoms with Crippen LogP contribution >= 0.6 is 0 Å². The van der Waals surface area contributed by atoms with Gasteiger partial charge in [-0.3, -0.25) is 14.1 Å². The first-order valence-electron chi connectivity index (χ1n) is 11.9. The van der Waals surface area contributed by atoms with E-state index in [4.69, 9.17) is 4.98 Å². The van der Waals surface area contributed by atoms with Gasteiger partial charge in [-0.05, 0) is 36.1 Å². The maximum absolute atomic E-state index is 13.0. The number of aryl methyl sites for hydroxylation is 2. The summed E-state index contributed by atoms with van der Waals surface area (Å²) in [4.78, 5) is 7.60. The predicted molar refractivity (Wildman–Crippen MR) is 146 cm³/mol. The molecule has 5 aromatic rings. The second-order valence-corrected chi connectivity index (χ2v) is 11.5. The van der Waals surface area contributed by atoms with E-state index in [9.17, 15) is 25.9 Å². The highest BCUT2D eigenvalue weighted by molar-refractivity contribution is 7.89. The molecule has 3 aromatic carbocycles. The number of aromatic nitrogens is 2. The highest BCUT2D eigenvalue weighted by atomic mass is 32.2. The van der Waals surface area contributed by atoms with Crippen LogP contribution in [0.15, 0.2) is 82.6 Å². The first-order chi connectivity index (χ1) is 18.1. The van der Waals surface area contributed by atoms with Gasteiger partial charge >= 0.3 is 0 Å². The summed E-state index contributed by atoms with van der Waals surface area (Å²) in [6, 6.07) is 21.0. The van der Waals surface area contributed by atoms with Gasteiger partial charge in [0.2, 0.25) is 0 Å². The van der Waals surface area contributed by atoms with Crippen LogP contribution in [0.25, 0.3) is 44.1 Å². The average molecular weight is 549 g/mol. The molecule has 0 amide bonds. The number of fused-ring (bicyclic) bond motifs is 3. The molecule has 10 heteroatoms. The molecule has 194 valence electrons. The van der Waals surface area contributed by atoms with Crippen LogP contribution in [0.2, 0.25) is 0 Å². The van der Waals surface area contributed by atoms with Gasteiger partial charge in [-0.25, -0.2) is 4.98 Å². The fourth-order valence-electron chi connectivity index (χ4n) is 4.89. The van der Waals surface area contributed by atoms with Crippen LogP contribution in [0, 0.1) is 0 Å². The molecule has 0 spiro atoms. The molecule has 2 heterocycles. The molecule has 0 saturated heterocycles. The normalized spacial score (nSPS) is 12.3. The molecule has 2 aromatic heterocycles. The third-order valence-corrected chi connectivity index (χ3v) is 8.46. The molecule has 0 fully saturated rings. The van der Waals surface area contributed by atoms with Crippen LogP contribution in [0.5, 0.6) is 0 Å². The lowest BCUT2D eigenvalue weighted by Crippen LogP contribution is -2.13. The van der Waals surface area contributed by atoms with E-state index >= 15 is 0 Å². The van der Waals surface area contributed by atoms with Gasteiger partial charge in [0, 0.05) is 33.3 Å². The molecule has 0 saturated carbocycles. The molecular weight excluding hydrogens is 524 g/mol. The highest BCUT2D eigenvalue weighted by Crippen LogP contribution is 2.46. The lowest BCUT2D eigenvalue weighted by molar-refractivity contribution is 0.469. The molecule has 0 aliphatic rings. The van der Waals surface area contributed by atoms with Crippen LogP contribution in [0.1, 0.15) is 25.2 Å². The Labute approximate surface area is 220 Å². The summed E-state index contributed by atoms with van der Waals surface area (Å²) in [6.45, 7) is 3.79. The lowest BCUT2D eigenvalue weighted by atomic mass is 9.89. The van der Waals surface area contributed by atoms with E-state index < -0.39 is 30.0 Å². The standard InChI is InChI=1S/C28H24N2O6S2/c1-3-19-15-16-20-25(29-19)26-24(28(38(34,35)36)27(20)37(31,32)33)23(18-13-9-6-10-14-18)22(21(4-2)30-26)17-11-7-5-8-12-17/h5-16H,3-4H2,1-2H3,(H,31,32,33)(H,34,35,36). The van der Waals surface area contributed by atoms with Crippen molar-refractivity contribution in [1.82, 2.24) is 9.97 Å². The van der Waals surface area contributed by atoms with Crippen molar-refractivity contribution in [1.29, 1.82) is 0 Å². The first kappa shape index (κ1) is 25.9.